The van der Waals surface area contributed by atoms with Crippen LogP contribution in [-0.4, -0.2) is 11.3 Å². The molecule has 0 aliphatic rings. The third-order valence-electron chi connectivity index (χ3n) is 2.08. The van der Waals surface area contributed by atoms with Crippen molar-refractivity contribution in [2.45, 2.75) is 0 Å². The van der Waals surface area contributed by atoms with Gasteiger partial charge in [0, 0.05) is 6.21 Å². The molecule has 2 aromatic carbocycles. The number of nitrogens with zero attached hydrogens (tertiary/aromatic N) is 1. The molecule has 0 spiro atoms. The van der Waals surface area contributed by atoms with E-state index in [1.165, 1.54) is 12.1 Å². The quantitative estimate of drug-likeness (QED) is 0.766. The normalized spacial score (nSPS) is 10.8. The third-order valence-corrected chi connectivity index (χ3v) is 2.08. The Kier molecular flexibility index (Phi) is 2.96. The van der Waals surface area contributed by atoms with Crippen LogP contribution in [0.3, 0.4) is 0 Å². The van der Waals surface area contributed by atoms with Crippen molar-refractivity contribution in [2.75, 3.05) is 0 Å². The van der Waals surface area contributed by atoms with E-state index in [-0.39, 0.29) is 11.6 Å². The Bertz CT molecular complexity index is 441. The minimum absolute atomic E-state index is 0.221. The van der Waals surface area contributed by atoms with Gasteiger partial charge in [0.25, 0.3) is 0 Å². The second kappa shape index (κ2) is 4.57. The lowest BCUT2D eigenvalue weighted by molar-refractivity contribution is 0.475. The minimum Gasteiger partial charge on any atom is -0.508 e. The largest absolute Gasteiger partial charge is 0.508 e. The van der Waals surface area contributed by atoms with Crippen LogP contribution in [0.2, 0.25) is 0 Å². The average molecular weight is 215 g/mol. The minimum atomic E-state index is -0.274. The van der Waals surface area contributed by atoms with Crippen molar-refractivity contribution in [3.63, 3.8) is 0 Å². The average Bonchev–Trinajstić information content (AvgIpc) is 2.30. The number of phenols is 1. The Hall–Kier alpha value is -2.16. The molecule has 16 heavy (non-hydrogen) atoms. The molecular formula is C13H10FNO. The van der Waals surface area contributed by atoms with Crippen molar-refractivity contribution in [1.29, 1.82) is 0 Å². The van der Waals surface area contributed by atoms with Gasteiger partial charge in [0.15, 0.2) is 0 Å². The molecule has 0 fully saturated rings. The van der Waals surface area contributed by atoms with E-state index in [2.05, 4.69) is 4.99 Å². The number of aliphatic imine (C=N–C) groups is 1. The summed E-state index contributed by atoms with van der Waals surface area (Å²) in [5.74, 6) is -0.0532. The molecule has 0 radical (unpaired) electrons. The van der Waals surface area contributed by atoms with Crippen LogP contribution >= 0.6 is 0 Å². The van der Waals surface area contributed by atoms with Gasteiger partial charge in [-0.2, -0.15) is 0 Å². The van der Waals surface area contributed by atoms with Crippen LogP contribution in [0.1, 0.15) is 5.56 Å². The van der Waals surface area contributed by atoms with Crippen LogP contribution < -0.4 is 0 Å². The van der Waals surface area contributed by atoms with Gasteiger partial charge in [0.1, 0.15) is 11.6 Å². The molecule has 0 unspecified atom stereocenters. The van der Waals surface area contributed by atoms with Gasteiger partial charge in [0.2, 0.25) is 0 Å². The topological polar surface area (TPSA) is 32.6 Å². The van der Waals surface area contributed by atoms with Crippen LogP contribution in [-0.2, 0) is 0 Å². The Morgan fingerprint density at radius 2 is 1.56 bits per heavy atom. The second-order valence-electron chi connectivity index (χ2n) is 3.33. The molecule has 0 saturated heterocycles. The third kappa shape index (κ3) is 2.67. The van der Waals surface area contributed by atoms with Crippen molar-refractivity contribution in [1.82, 2.24) is 0 Å². The highest BCUT2D eigenvalue weighted by atomic mass is 19.1. The first-order valence-electron chi connectivity index (χ1n) is 4.83. The summed E-state index contributed by atoms with van der Waals surface area (Å²) in [6, 6.07) is 12.6. The van der Waals surface area contributed by atoms with Crippen LogP contribution in [0.15, 0.2) is 53.5 Å². The number of benzene rings is 2. The Labute approximate surface area is 92.7 Å². The maximum atomic E-state index is 12.6. The number of halogens is 1. The van der Waals surface area contributed by atoms with Crippen molar-refractivity contribution in [3.8, 4) is 5.75 Å². The van der Waals surface area contributed by atoms with Gasteiger partial charge in [-0.3, -0.25) is 4.99 Å². The van der Waals surface area contributed by atoms with Crippen LogP contribution in [0.5, 0.6) is 5.75 Å². The predicted molar refractivity (Wildman–Crippen MR) is 61.8 cm³/mol. The molecule has 80 valence electrons. The van der Waals surface area contributed by atoms with Crippen LogP contribution in [0, 0.1) is 5.82 Å². The molecule has 0 bridgehead atoms. The van der Waals surface area contributed by atoms with Crippen molar-refractivity contribution >= 4 is 11.9 Å². The highest BCUT2D eigenvalue weighted by Gasteiger charge is 1.91. The Morgan fingerprint density at radius 3 is 2.19 bits per heavy atom. The zero-order valence-electron chi connectivity index (χ0n) is 8.47. The van der Waals surface area contributed by atoms with Gasteiger partial charge in [-0.25, -0.2) is 4.39 Å². The van der Waals surface area contributed by atoms with Gasteiger partial charge >= 0.3 is 0 Å². The SMILES string of the molecule is Oc1ccc(/C=N/c2ccc(F)cc2)cc1. The molecule has 3 heteroatoms. The number of hydrogen-bond acceptors (Lipinski definition) is 2. The van der Waals surface area contributed by atoms with E-state index < -0.39 is 0 Å². The van der Waals surface area contributed by atoms with Crippen molar-refractivity contribution < 1.29 is 9.50 Å². The number of phenolic OH excluding ortho intramolecular Hbond substituents is 1. The van der Waals surface area contributed by atoms with E-state index in [0.29, 0.717) is 5.69 Å². The zero-order chi connectivity index (χ0) is 11.4. The molecule has 0 heterocycles. The fourth-order valence-electron chi connectivity index (χ4n) is 1.24. The summed E-state index contributed by atoms with van der Waals surface area (Å²) in [5.41, 5.74) is 1.57. The molecule has 1 N–H and O–H groups in total. The van der Waals surface area contributed by atoms with Gasteiger partial charge < -0.3 is 5.11 Å². The zero-order valence-corrected chi connectivity index (χ0v) is 8.47. The van der Waals surface area contributed by atoms with E-state index in [4.69, 9.17) is 5.11 Å². The lowest BCUT2D eigenvalue weighted by Crippen LogP contribution is -1.79. The number of aromatic hydroxyl groups is 1. The van der Waals surface area contributed by atoms with E-state index >= 15 is 0 Å². The summed E-state index contributed by atoms with van der Waals surface area (Å²) >= 11 is 0. The van der Waals surface area contributed by atoms with E-state index in [9.17, 15) is 4.39 Å². The molecule has 0 saturated carbocycles. The molecule has 2 rings (SSSR count). The predicted octanol–water partition coefficient (Wildman–Crippen LogP) is 3.28. The number of hydrogen-bond donors (Lipinski definition) is 1. The summed E-state index contributed by atoms with van der Waals surface area (Å²) in [6.45, 7) is 0. The van der Waals surface area contributed by atoms with Crippen LogP contribution in [0.4, 0.5) is 10.1 Å². The maximum absolute atomic E-state index is 12.6. The first kappa shape index (κ1) is 10.4. The maximum Gasteiger partial charge on any atom is 0.123 e. The van der Waals surface area contributed by atoms with E-state index in [1.807, 2.05) is 0 Å². The van der Waals surface area contributed by atoms with Gasteiger partial charge in [-0.15, -0.1) is 0 Å². The van der Waals surface area contributed by atoms with Gasteiger partial charge in [-0.05, 0) is 54.1 Å². The highest BCUT2D eigenvalue weighted by molar-refractivity contribution is 5.82. The van der Waals surface area contributed by atoms with Crippen molar-refractivity contribution in [2.24, 2.45) is 4.99 Å². The summed E-state index contributed by atoms with van der Waals surface area (Å²) < 4.78 is 12.6. The van der Waals surface area contributed by atoms with Crippen LogP contribution in [0.25, 0.3) is 0 Å². The number of rotatable bonds is 2. The molecule has 0 aliphatic carbocycles. The smallest absolute Gasteiger partial charge is 0.123 e. The molecule has 0 aliphatic heterocycles. The lowest BCUT2D eigenvalue weighted by atomic mass is 10.2. The summed E-state index contributed by atoms with van der Waals surface area (Å²) in [5, 5.41) is 9.09. The van der Waals surface area contributed by atoms with E-state index in [1.54, 1.807) is 42.6 Å². The Balaban J connectivity index is 2.15. The monoisotopic (exact) mass is 215 g/mol. The first-order valence-corrected chi connectivity index (χ1v) is 4.83. The van der Waals surface area contributed by atoms with E-state index in [0.717, 1.165) is 5.56 Å². The highest BCUT2D eigenvalue weighted by Crippen LogP contribution is 2.13. The lowest BCUT2D eigenvalue weighted by Gasteiger charge is -1.95. The standard InChI is InChI=1S/C13H10FNO/c14-11-3-5-12(6-4-11)15-9-10-1-7-13(16)8-2-10/h1-9,16H/b15-9+. The summed E-state index contributed by atoms with van der Waals surface area (Å²) in [4.78, 5) is 4.17. The molecule has 2 aromatic rings. The Morgan fingerprint density at radius 1 is 0.938 bits per heavy atom. The molecule has 0 aromatic heterocycles. The van der Waals surface area contributed by atoms with Gasteiger partial charge in [-0.1, -0.05) is 0 Å². The fourth-order valence-corrected chi connectivity index (χ4v) is 1.24. The second-order valence-corrected chi connectivity index (χ2v) is 3.33. The molecule has 2 nitrogen and oxygen atoms in total. The van der Waals surface area contributed by atoms with Gasteiger partial charge in [0.05, 0.1) is 5.69 Å². The van der Waals surface area contributed by atoms with Crippen molar-refractivity contribution in [3.05, 3.63) is 59.9 Å². The molecule has 0 amide bonds. The summed E-state index contributed by atoms with van der Waals surface area (Å²) in [6.07, 6.45) is 1.66. The first-order chi connectivity index (χ1) is 7.74. The summed E-state index contributed by atoms with van der Waals surface area (Å²) in [7, 11) is 0. The molecular weight excluding hydrogens is 205 g/mol. The fraction of sp³-hybridized carbons (Fsp3) is 0. The molecule has 0 atom stereocenters.